The highest BCUT2D eigenvalue weighted by molar-refractivity contribution is 5.09. The number of ether oxygens (including phenoxy) is 2. The molecule has 4 nitrogen and oxygen atoms in total. The van der Waals surface area contributed by atoms with Gasteiger partial charge in [-0.05, 0) is 26.2 Å². The van der Waals surface area contributed by atoms with Gasteiger partial charge in [-0.25, -0.2) is 0 Å². The van der Waals surface area contributed by atoms with E-state index in [1.54, 1.807) is 0 Å². The third-order valence-corrected chi connectivity index (χ3v) is 5.22. The minimum atomic E-state index is -0.884. The second-order valence-corrected chi connectivity index (χ2v) is 6.35. The topological polar surface area (TPSA) is 58.9 Å². The molecule has 0 aromatic carbocycles. The lowest BCUT2D eigenvalue weighted by Crippen LogP contribution is -2.49. The van der Waals surface area contributed by atoms with Crippen molar-refractivity contribution < 1.29 is 19.7 Å². The predicted octanol–water partition coefficient (Wildman–Crippen LogP) is 1.24. The molecule has 0 radical (unpaired) electrons. The lowest BCUT2D eigenvalue weighted by molar-refractivity contribution is -0.180. The molecular formula is C14H24O4. The molecule has 1 spiro atoms. The maximum atomic E-state index is 9.60. The summed E-state index contributed by atoms with van der Waals surface area (Å²) in [7, 11) is 0. The molecule has 1 aliphatic carbocycles. The van der Waals surface area contributed by atoms with E-state index < -0.39 is 5.60 Å². The Morgan fingerprint density at radius 1 is 1.06 bits per heavy atom. The van der Waals surface area contributed by atoms with Gasteiger partial charge < -0.3 is 19.7 Å². The summed E-state index contributed by atoms with van der Waals surface area (Å²) in [6.45, 7) is 1.71. The third kappa shape index (κ3) is 1.73. The lowest BCUT2D eigenvalue weighted by atomic mass is 9.78. The molecule has 4 heteroatoms. The van der Waals surface area contributed by atoms with Crippen LogP contribution in [0.3, 0.4) is 0 Å². The second kappa shape index (κ2) is 4.44. The van der Waals surface area contributed by atoms with Crippen molar-refractivity contribution in [2.24, 2.45) is 5.92 Å². The number of aliphatic hydroxyl groups is 2. The van der Waals surface area contributed by atoms with Crippen molar-refractivity contribution >= 4 is 0 Å². The highest BCUT2D eigenvalue weighted by Crippen LogP contribution is 2.53. The zero-order chi connectivity index (χ0) is 12.8. The van der Waals surface area contributed by atoms with Gasteiger partial charge in [0.25, 0.3) is 0 Å². The number of rotatable bonds is 2. The Hall–Kier alpha value is -0.160. The molecule has 104 valence electrons. The van der Waals surface area contributed by atoms with Crippen molar-refractivity contribution in [2.75, 3.05) is 13.2 Å². The molecule has 0 amide bonds. The van der Waals surface area contributed by atoms with Gasteiger partial charge in [0.2, 0.25) is 0 Å². The quantitative estimate of drug-likeness (QED) is 0.780. The normalized spacial score (nSPS) is 41.2. The highest BCUT2D eigenvalue weighted by atomic mass is 16.6. The van der Waals surface area contributed by atoms with E-state index in [1.807, 2.05) is 6.92 Å². The number of fused-ring (bicyclic) bond motifs is 1. The van der Waals surface area contributed by atoms with Crippen LogP contribution in [0.15, 0.2) is 0 Å². The number of aliphatic hydroxyl groups excluding tert-OH is 2. The first kappa shape index (κ1) is 12.9. The van der Waals surface area contributed by atoms with Gasteiger partial charge in [-0.3, -0.25) is 0 Å². The van der Waals surface area contributed by atoms with Crippen molar-refractivity contribution in [1.29, 1.82) is 0 Å². The van der Waals surface area contributed by atoms with Gasteiger partial charge >= 0.3 is 0 Å². The zero-order valence-corrected chi connectivity index (χ0v) is 11.1. The standard InChI is InChI=1S/C14H24O4/c1-10-11-7-13(5-3-2-4-6-13)18-12(11)14(8-15,9-16)17-10/h10-12,15-16H,2-9H2,1H3/t10-,11?,12?/m0/s1. The molecule has 2 heterocycles. The molecule has 0 aromatic rings. The average molecular weight is 256 g/mol. The fourth-order valence-electron chi connectivity index (χ4n) is 4.20. The summed E-state index contributed by atoms with van der Waals surface area (Å²) >= 11 is 0. The smallest absolute Gasteiger partial charge is 0.141 e. The van der Waals surface area contributed by atoms with Crippen LogP contribution in [0, 0.1) is 5.92 Å². The van der Waals surface area contributed by atoms with Crippen LogP contribution in [0.4, 0.5) is 0 Å². The van der Waals surface area contributed by atoms with Gasteiger partial charge in [0.15, 0.2) is 0 Å². The van der Waals surface area contributed by atoms with E-state index in [1.165, 1.54) is 19.3 Å². The van der Waals surface area contributed by atoms with Crippen LogP contribution in [-0.2, 0) is 9.47 Å². The summed E-state index contributed by atoms with van der Waals surface area (Å²) in [4.78, 5) is 0. The molecular weight excluding hydrogens is 232 g/mol. The number of hydrogen-bond acceptors (Lipinski definition) is 4. The van der Waals surface area contributed by atoms with Gasteiger partial charge in [-0.2, -0.15) is 0 Å². The Kier molecular flexibility index (Phi) is 3.17. The van der Waals surface area contributed by atoms with E-state index in [0.717, 1.165) is 19.3 Å². The first-order valence-corrected chi connectivity index (χ1v) is 7.22. The molecule has 2 unspecified atom stereocenters. The van der Waals surface area contributed by atoms with Crippen LogP contribution in [0.1, 0.15) is 45.4 Å². The Labute approximate surface area is 108 Å². The van der Waals surface area contributed by atoms with Gasteiger partial charge in [0.05, 0.1) is 31.0 Å². The highest BCUT2D eigenvalue weighted by Gasteiger charge is 2.61. The summed E-state index contributed by atoms with van der Waals surface area (Å²) in [5.41, 5.74) is -0.883. The molecule has 2 saturated heterocycles. The second-order valence-electron chi connectivity index (χ2n) is 6.35. The predicted molar refractivity (Wildman–Crippen MR) is 66.2 cm³/mol. The van der Waals surface area contributed by atoms with Gasteiger partial charge in [-0.1, -0.05) is 19.3 Å². The van der Waals surface area contributed by atoms with Crippen molar-refractivity contribution in [3.63, 3.8) is 0 Å². The van der Waals surface area contributed by atoms with Gasteiger partial charge in [0, 0.05) is 5.92 Å². The molecule has 3 rings (SSSR count). The van der Waals surface area contributed by atoms with Gasteiger partial charge in [0.1, 0.15) is 5.60 Å². The first-order valence-electron chi connectivity index (χ1n) is 7.22. The van der Waals surface area contributed by atoms with E-state index >= 15 is 0 Å². The molecule has 2 N–H and O–H groups in total. The van der Waals surface area contributed by atoms with E-state index in [9.17, 15) is 10.2 Å². The largest absolute Gasteiger partial charge is 0.393 e. The minimum Gasteiger partial charge on any atom is -0.393 e. The SMILES string of the molecule is C[C@@H]1OC(CO)(CO)C2OC3(CCCCC3)CC21. The third-order valence-electron chi connectivity index (χ3n) is 5.22. The number of hydrogen-bond donors (Lipinski definition) is 2. The fraction of sp³-hybridized carbons (Fsp3) is 1.00. The van der Waals surface area contributed by atoms with Crippen LogP contribution in [0.2, 0.25) is 0 Å². The molecule has 0 aromatic heterocycles. The Balaban J connectivity index is 1.83. The minimum absolute atomic E-state index is 0.00120. The van der Waals surface area contributed by atoms with E-state index in [-0.39, 0.29) is 31.0 Å². The van der Waals surface area contributed by atoms with E-state index in [4.69, 9.17) is 9.47 Å². The Bertz CT molecular complexity index is 307. The summed E-state index contributed by atoms with van der Waals surface area (Å²) in [5, 5.41) is 19.2. The summed E-state index contributed by atoms with van der Waals surface area (Å²) in [5.74, 6) is 0.322. The fourth-order valence-corrected chi connectivity index (χ4v) is 4.20. The molecule has 2 aliphatic heterocycles. The maximum Gasteiger partial charge on any atom is 0.141 e. The van der Waals surface area contributed by atoms with Crippen LogP contribution < -0.4 is 0 Å². The lowest BCUT2D eigenvalue weighted by Gasteiger charge is -2.37. The summed E-state index contributed by atoms with van der Waals surface area (Å²) in [6.07, 6.45) is 6.98. The molecule has 1 saturated carbocycles. The summed E-state index contributed by atoms with van der Waals surface area (Å²) < 4.78 is 12.2. The van der Waals surface area contributed by atoms with E-state index in [0.29, 0.717) is 5.92 Å². The molecule has 18 heavy (non-hydrogen) atoms. The van der Waals surface area contributed by atoms with Crippen molar-refractivity contribution in [2.45, 2.75) is 68.9 Å². The van der Waals surface area contributed by atoms with Crippen molar-refractivity contribution in [3.05, 3.63) is 0 Å². The van der Waals surface area contributed by atoms with Crippen LogP contribution in [0.5, 0.6) is 0 Å². The van der Waals surface area contributed by atoms with Crippen molar-refractivity contribution in [3.8, 4) is 0 Å². The maximum absolute atomic E-state index is 9.60. The molecule has 3 atom stereocenters. The van der Waals surface area contributed by atoms with Crippen LogP contribution in [-0.4, -0.2) is 46.8 Å². The molecule has 0 bridgehead atoms. The van der Waals surface area contributed by atoms with Crippen molar-refractivity contribution in [1.82, 2.24) is 0 Å². The monoisotopic (exact) mass is 256 g/mol. The Morgan fingerprint density at radius 3 is 2.33 bits per heavy atom. The van der Waals surface area contributed by atoms with E-state index in [2.05, 4.69) is 0 Å². The molecule has 3 fully saturated rings. The van der Waals surface area contributed by atoms with Crippen LogP contribution in [0.25, 0.3) is 0 Å². The van der Waals surface area contributed by atoms with Gasteiger partial charge in [-0.15, -0.1) is 0 Å². The Morgan fingerprint density at radius 2 is 1.72 bits per heavy atom. The molecule has 3 aliphatic rings. The van der Waals surface area contributed by atoms with Crippen LogP contribution >= 0.6 is 0 Å². The zero-order valence-electron chi connectivity index (χ0n) is 11.1. The summed E-state index contributed by atoms with van der Waals surface area (Å²) in [6, 6.07) is 0. The average Bonchev–Trinajstić information content (AvgIpc) is 2.87. The first-order chi connectivity index (χ1) is 8.65.